The summed E-state index contributed by atoms with van der Waals surface area (Å²) in [6.07, 6.45) is 0.955. The fraction of sp³-hybridized carbons (Fsp3) is 0.438. The number of aromatic nitrogens is 1. The third kappa shape index (κ3) is 4.19. The normalized spacial score (nSPS) is 12.2. The second-order valence-corrected chi connectivity index (χ2v) is 5.87. The summed E-state index contributed by atoms with van der Waals surface area (Å²) in [4.78, 5) is 4.47. The van der Waals surface area contributed by atoms with Gasteiger partial charge >= 0.3 is 0 Å². The van der Waals surface area contributed by atoms with Crippen LogP contribution in [0.25, 0.3) is 0 Å². The van der Waals surface area contributed by atoms with Crippen molar-refractivity contribution in [2.45, 2.75) is 26.3 Å². The number of aryl methyl sites for hydroxylation is 1. The molecule has 1 N–H and O–H groups in total. The Kier molecular flexibility index (Phi) is 5.59. The minimum Gasteiger partial charge on any atom is -0.493 e. The van der Waals surface area contributed by atoms with Crippen molar-refractivity contribution >= 4 is 11.3 Å². The molecule has 0 spiro atoms. The van der Waals surface area contributed by atoms with E-state index < -0.39 is 0 Å². The highest BCUT2D eigenvalue weighted by Crippen LogP contribution is 2.29. The van der Waals surface area contributed by atoms with Crippen LogP contribution in [0.3, 0.4) is 0 Å². The zero-order valence-corrected chi connectivity index (χ0v) is 13.8. The van der Waals surface area contributed by atoms with Gasteiger partial charge in [0.15, 0.2) is 11.5 Å². The number of rotatable bonds is 7. The number of hydrogen-bond donors (Lipinski definition) is 1. The maximum absolute atomic E-state index is 5.34. The van der Waals surface area contributed by atoms with Crippen LogP contribution < -0.4 is 14.8 Å². The Morgan fingerprint density at radius 1 is 1.24 bits per heavy atom. The van der Waals surface area contributed by atoms with E-state index in [0.29, 0.717) is 0 Å². The van der Waals surface area contributed by atoms with Crippen LogP contribution in [-0.2, 0) is 6.42 Å². The van der Waals surface area contributed by atoms with Gasteiger partial charge in [-0.05, 0) is 31.5 Å². The van der Waals surface area contributed by atoms with E-state index in [0.717, 1.165) is 30.2 Å². The number of nitrogens with zero attached hydrogens (tertiary/aromatic N) is 1. The molecule has 0 radical (unpaired) electrons. The molecular weight excluding hydrogens is 284 g/mol. The van der Waals surface area contributed by atoms with Gasteiger partial charge < -0.3 is 14.8 Å². The lowest BCUT2D eigenvalue weighted by atomic mass is 10.1. The molecule has 0 aliphatic carbocycles. The molecular formula is C16H22N2O2S. The summed E-state index contributed by atoms with van der Waals surface area (Å²) in [5.41, 5.74) is 2.28. The lowest BCUT2D eigenvalue weighted by molar-refractivity contribution is 0.354. The highest BCUT2D eigenvalue weighted by Gasteiger charge is 2.10. The predicted octanol–water partition coefficient (Wildman–Crippen LogP) is 3.36. The van der Waals surface area contributed by atoms with Gasteiger partial charge in [-0.1, -0.05) is 6.07 Å². The van der Waals surface area contributed by atoms with E-state index in [1.807, 2.05) is 19.1 Å². The first-order valence-corrected chi connectivity index (χ1v) is 7.88. The first kappa shape index (κ1) is 15.8. The zero-order chi connectivity index (χ0) is 15.2. The van der Waals surface area contributed by atoms with Gasteiger partial charge in [-0.3, -0.25) is 0 Å². The topological polar surface area (TPSA) is 43.4 Å². The summed E-state index contributed by atoms with van der Waals surface area (Å²) in [7, 11) is 3.31. The molecule has 114 valence electrons. The van der Waals surface area contributed by atoms with Gasteiger partial charge in [0, 0.05) is 30.1 Å². The minimum atomic E-state index is 0.255. The summed E-state index contributed by atoms with van der Waals surface area (Å²) in [5.74, 6) is 1.52. The smallest absolute Gasteiger partial charge is 0.161 e. The van der Waals surface area contributed by atoms with Gasteiger partial charge in [-0.15, -0.1) is 11.3 Å². The molecule has 0 fully saturated rings. The summed E-state index contributed by atoms with van der Waals surface area (Å²) < 4.78 is 10.6. The highest BCUT2D eigenvalue weighted by atomic mass is 32.1. The zero-order valence-electron chi connectivity index (χ0n) is 13.0. The van der Waals surface area contributed by atoms with E-state index in [1.54, 1.807) is 25.6 Å². The van der Waals surface area contributed by atoms with Crippen molar-refractivity contribution in [3.05, 3.63) is 39.8 Å². The second kappa shape index (κ2) is 7.43. The summed E-state index contributed by atoms with van der Waals surface area (Å²) in [5, 5.41) is 6.79. The quantitative estimate of drug-likeness (QED) is 0.852. The number of benzene rings is 1. The van der Waals surface area contributed by atoms with Crippen LogP contribution in [0.15, 0.2) is 23.6 Å². The number of hydrogen-bond acceptors (Lipinski definition) is 5. The van der Waals surface area contributed by atoms with Crippen molar-refractivity contribution in [1.29, 1.82) is 0 Å². The van der Waals surface area contributed by atoms with E-state index >= 15 is 0 Å². The van der Waals surface area contributed by atoms with Gasteiger partial charge in [0.2, 0.25) is 0 Å². The van der Waals surface area contributed by atoms with Crippen molar-refractivity contribution in [3.63, 3.8) is 0 Å². The summed E-state index contributed by atoms with van der Waals surface area (Å²) in [6, 6.07) is 6.28. The molecule has 0 bridgehead atoms. The highest BCUT2D eigenvalue weighted by molar-refractivity contribution is 7.09. The molecule has 0 aliphatic heterocycles. The predicted molar refractivity (Wildman–Crippen MR) is 86.5 cm³/mol. The molecule has 0 amide bonds. The molecule has 1 aromatic heterocycles. The summed E-state index contributed by atoms with van der Waals surface area (Å²) >= 11 is 1.72. The monoisotopic (exact) mass is 306 g/mol. The van der Waals surface area contributed by atoms with Crippen LogP contribution in [0.2, 0.25) is 0 Å². The van der Waals surface area contributed by atoms with E-state index in [4.69, 9.17) is 9.47 Å². The van der Waals surface area contributed by atoms with E-state index in [1.165, 1.54) is 10.6 Å². The van der Waals surface area contributed by atoms with Crippen molar-refractivity contribution in [1.82, 2.24) is 10.3 Å². The number of thiazole rings is 1. The maximum atomic E-state index is 5.34. The third-order valence-electron chi connectivity index (χ3n) is 3.36. The van der Waals surface area contributed by atoms with E-state index in [2.05, 4.69) is 28.7 Å². The number of nitrogens with one attached hydrogen (secondary N) is 1. The molecule has 5 heteroatoms. The Bertz CT molecular complexity index is 583. The lowest BCUT2D eigenvalue weighted by Crippen LogP contribution is -2.21. The molecule has 2 rings (SSSR count). The first-order chi connectivity index (χ1) is 10.1. The van der Waals surface area contributed by atoms with Crippen molar-refractivity contribution in [2.24, 2.45) is 0 Å². The molecule has 21 heavy (non-hydrogen) atoms. The van der Waals surface area contributed by atoms with Crippen molar-refractivity contribution in [3.8, 4) is 11.5 Å². The van der Waals surface area contributed by atoms with Crippen LogP contribution in [-0.4, -0.2) is 25.7 Å². The van der Waals surface area contributed by atoms with Gasteiger partial charge in [0.25, 0.3) is 0 Å². The Labute approximate surface area is 130 Å². The molecule has 1 atom stereocenters. The van der Waals surface area contributed by atoms with Crippen molar-refractivity contribution in [2.75, 3.05) is 20.8 Å². The lowest BCUT2D eigenvalue weighted by Gasteiger charge is -2.16. The van der Waals surface area contributed by atoms with Gasteiger partial charge in [0.05, 0.1) is 19.2 Å². The largest absolute Gasteiger partial charge is 0.493 e. The van der Waals surface area contributed by atoms with E-state index in [9.17, 15) is 0 Å². The number of methoxy groups -OCH3 is 2. The molecule has 2 aromatic rings. The van der Waals surface area contributed by atoms with Gasteiger partial charge in [-0.25, -0.2) is 4.98 Å². The third-order valence-corrected chi connectivity index (χ3v) is 4.39. The molecule has 0 saturated carbocycles. The second-order valence-electron chi connectivity index (χ2n) is 4.92. The first-order valence-electron chi connectivity index (χ1n) is 7.00. The molecule has 0 aliphatic rings. The Hall–Kier alpha value is -1.59. The number of ether oxygens (including phenoxy) is 2. The van der Waals surface area contributed by atoms with Crippen LogP contribution in [0, 0.1) is 6.92 Å². The fourth-order valence-electron chi connectivity index (χ4n) is 2.15. The van der Waals surface area contributed by atoms with Crippen LogP contribution in [0.5, 0.6) is 11.5 Å². The molecule has 1 heterocycles. The average Bonchev–Trinajstić information content (AvgIpc) is 2.91. The average molecular weight is 306 g/mol. The molecule has 1 unspecified atom stereocenters. The van der Waals surface area contributed by atoms with Crippen LogP contribution in [0.4, 0.5) is 0 Å². The Morgan fingerprint density at radius 3 is 2.62 bits per heavy atom. The van der Waals surface area contributed by atoms with Gasteiger partial charge in [-0.2, -0.15) is 0 Å². The Balaban J connectivity index is 1.92. The fourth-order valence-corrected chi connectivity index (χ4v) is 2.93. The standard InChI is InChI=1S/C16H22N2O2S/c1-11-10-21-16(18-11)7-8-17-12(2)13-5-6-14(19-3)15(9-13)20-4/h5-6,9-10,12,17H,7-8H2,1-4H3. The Morgan fingerprint density at radius 2 is 2.00 bits per heavy atom. The summed E-state index contributed by atoms with van der Waals surface area (Å²) in [6.45, 7) is 5.08. The van der Waals surface area contributed by atoms with E-state index in [-0.39, 0.29) is 6.04 Å². The van der Waals surface area contributed by atoms with Gasteiger partial charge in [0.1, 0.15) is 0 Å². The molecule has 4 nitrogen and oxygen atoms in total. The maximum Gasteiger partial charge on any atom is 0.161 e. The minimum absolute atomic E-state index is 0.255. The molecule has 1 aromatic carbocycles. The SMILES string of the molecule is COc1ccc(C(C)NCCc2nc(C)cs2)cc1OC. The van der Waals surface area contributed by atoms with Crippen LogP contribution in [0.1, 0.15) is 29.2 Å². The van der Waals surface area contributed by atoms with Crippen molar-refractivity contribution < 1.29 is 9.47 Å². The van der Waals surface area contributed by atoms with Crippen LogP contribution >= 0.6 is 11.3 Å². The molecule has 0 saturated heterocycles.